The number of carbonyl (C=O) groups excluding carboxylic acids is 1. The van der Waals surface area contributed by atoms with E-state index >= 15 is 0 Å². The Kier molecular flexibility index (Phi) is 4.77. The zero-order chi connectivity index (χ0) is 13.8. The molecular formula is C14H16ClNO2S. The van der Waals surface area contributed by atoms with Crippen molar-refractivity contribution >= 4 is 35.0 Å². The second-order valence-electron chi connectivity index (χ2n) is 4.27. The van der Waals surface area contributed by atoms with Crippen LogP contribution in [-0.4, -0.2) is 35.4 Å². The van der Waals surface area contributed by atoms with E-state index in [0.29, 0.717) is 12.4 Å². The van der Waals surface area contributed by atoms with Gasteiger partial charge in [-0.25, -0.2) is 0 Å². The van der Waals surface area contributed by atoms with Crippen LogP contribution >= 0.6 is 23.4 Å². The number of amides is 1. The predicted octanol–water partition coefficient (Wildman–Crippen LogP) is 3.20. The molecule has 1 atom stereocenters. The number of allylic oxidation sites excluding steroid dienone is 1. The third kappa shape index (κ3) is 3.25. The number of nitrogens with zero attached hydrogens (tertiary/aromatic N) is 1. The number of benzene rings is 1. The maximum absolute atomic E-state index is 11.8. The minimum Gasteiger partial charge on any atom is -0.483 e. The standard InChI is InChI=1S/C14H16ClNO2S/c1-16-13(8-7-12(15)14(16)17)10-3-5-11(6-4-10)18-9-19-2/h3-6,8,12H,7,9H2,1-2H3. The third-order valence-electron chi connectivity index (χ3n) is 2.97. The van der Waals surface area contributed by atoms with Gasteiger partial charge in [-0.2, -0.15) is 0 Å². The SMILES string of the molecule is CSCOc1ccc(C2=CCC(Cl)C(=O)N2C)cc1. The highest BCUT2D eigenvalue weighted by atomic mass is 35.5. The van der Waals surface area contributed by atoms with E-state index < -0.39 is 5.38 Å². The predicted molar refractivity (Wildman–Crippen MR) is 80.5 cm³/mol. The topological polar surface area (TPSA) is 29.5 Å². The van der Waals surface area contributed by atoms with E-state index in [1.807, 2.05) is 36.6 Å². The first-order valence-corrected chi connectivity index (χ1v) is 7.80. The quantitative estimate of drug-likeness (QED) is 0.631. The Labute approximate surface area is 122 Å². The second kappa shape index (κ2) is 6.35. The van der Waals surface area contributed by atoms with Crippen molar-refractivity contribution in [3.8, 4) is 5.75 Å². The zero-order valence-electron chi connectivity index (χ0n) is 10.9. The molecule has 0 N–H and O–H groups in total. The molecule has 3 nitrogen and oxygen atoms in total. The summed E-state index contributed by atoms with van der Waals surface area (Å²) >= 11 is 7.57. The Bertz CT molecular complexity index is 487. The number of rotatable bonds is 4. The van der Waals surface area contributed by atoms with Crippen molar-refractivity contribution in [2.24, 2.45) is 0 Å². The van der Waals surface area contributed by atoms with E-state index in [0.717, 1.165) is 17.0 Å². The molecular weight excluding hydrogens is 282 g/mol. The lowest BCUT2D eigenvalue weighted by atomic mass is 10.0. The zero-order valence-corrected chi connectivity index (χ0v) is 12.5. The monoisotopic (exact) mass is 297 g/mol. The number of halogens is 1. The van der Waals surface area contributed by atoms with E-state index in [1.165, 1.54) is 0 Å². The summed E-state index contributed by atoms with van der Waals surface area (Å²) < 4.78 is 5.50. The van der Waals surface area contributed by atoms with Crippen molar-refractivity contribution in [1.29, 1.82) is 0 Å². The van der Waals surface area contributed by atoms with E-state index in [9.17, 15) is 4.79 Å². The fourth-order valence-electron chi connectivity index (χ4n) is 1.94. The maximum atomic E-state index is 11.8. The lowest BCUT2D eigenvalue weighted by molar-refractivity contribution is -0.126. The van der Waals surface area contributed by atoms with E-state index in [2.05, 4.69) is 0 Å². The van der Waals surface area contributed by atoms with Crippen LogP contribution in [0.15, 0.2) is 30.3 Å². The fourth-order valence-corrected chi connectivity index (χ4v) is 2.43. The van der Waals surface area contributed by atoms with Gasteiger partial charge in [-0.3, -0.25) is 4.79 Å². The molecule has 0 bridgehead atoms. The molecule has 102 valence electrons. The van der Waals surface area contributed by atoms with Gasteiger partial charge in [0.15, 0.2) is 0 Å². The van der Waals surface area contributed by atoms with Gasteiger partial charge in [0.05, 0.1) is 0 Å². The van der Waals surface area contributed by atoms with Gasteiger partial charge in [0.25, 0.3) is 0 Å². The van der Waals surface area contributed by atoms with Gasteiger partial charge in [-0.1, -0.05) is 6.08 Å². The van der Waals surface area contributed by atoms with Crippen LogP contribution < -0.4 is 4.74 Å². The molecule has 1 aromatic carbocycles. The molecule has 2 rings (SSSR count). The molecule has 1 aliphatic rings. The van der Waals surface area contributed by atoms with Crippen molar-refractivity contribution in [3.05, 3.63) is 35.9 Å². The second-order valence-corrected chi connectivity index (χ2v) is 5.60. The van der Waals surface area contributed by atoms with Gasteiger partial charge in [0, 0.05) is 12.7 Å². The molecule has 0 aromatic heterocycles. The van der Waals surface area contributed by atoms with Crippen LogP contribution in [0, 0.1) is 0 Å². The fraction of sp³-hybridized carbons (Fsp3) is 0.357. The molecule has 1 unspecified atom stereocenters. The number of ether oxygens (including phenoxy) is 1. The van der Waals surface area contributed by atoms with Gasteiger partial charge in [0.2, 0.25) is 5.91 Å². The molecule has 0 spiro atoms. The van der Waals surface area contributed by atoms with Crippen LogP contribution in [0.2, 0.25) is 0 Å². The molecule has 0 saturated heterocycles. The Morgan fingerprint density at radius 1 is 1.42 bits per heavy atom. The summed E-state index contributed by atoms with van der Waals surface area (Å²) in [7, 11) is 1.75. The molecule has 0 fully saturated rings. The summed E-state index contributed by atoms with van der Waals surface area (Å²) in [4.78, 5) is 13.5. The number of carbonyl (C=O) groups is 1. The Balaban J connectivity index is 2.16. The molecule has 0 radical (unpaired) electrons. The van der Waals surface area contributed by atoms with Crippen LogP contribution in [-0.2, 0) is 4.79 Å². The summed E-state index contributed by atoms with van der Waals surface area (Å²) in [6.07, 6.45) is 4.56. The van der Waals surface area contributed by atoms with Crippen molar-refractivity contribution in [1.82, 2.24) is 4.90 Å². The van der Waals surface area contributed by atoms with Gasteiger partial charge in [-0.05, 0) is 42.5 Å². The Morgan fingerprint density at radius 2 is 2.11 bits per heavy atom. The van der Waals surface area contributed by atoms with Crippen molar-refractivity contribution in [3.63, 3.8) is 0 Å². The van der Waals surface area contributed by atoms with Crippen LogP contribution in [0.1, 0.15) is 12.0 Å². The summed E-state index contributed by atoms with van der Waals surface area (Å²) in [5, 5.41) is -0.446. The Hall–Kier alpha value is -1.13. The number of hydrogen-bond donors (Lipinski definition) is 0. The van der Waals surface area contributed by atoms with Crippen LogP contribution in [0.25, 0.3) is 5.70 Å². The highest BCUT2D eigenvalue weighted by Crippen LogP contribution is 2.27. The molecule has 1 amide bonds. The summed E-state index contributed by atoms with van der Waals surface area (Å²) in [5.74, 6) is 1.41. The number of alkyl halides is 1. The normalized spacial score (nSPS) is 19.3. The highest BCUT2D eigenvalue weighted by Gasteiger charge is 2.26. The van der Waals surface area contributed by atoms with Crippen LogP contribution in [0.3, 0.4) is 0 Å². The number of hydrogen-bond acceptors (Lipinski definition) is 3. The van der Waals surface area contributed by atoms with Crippen LogP contribution in [0.5, 0.6) is 5.75 Å². The summed E-state index contributed by atoms with van der Waals surface area (Å²) in [6.45, 7) is 0. The minimum atomic E-state index is -0.446. The first kappa shape index (κ1) is 14.3. The molecule has 5 heteroatoms. The summed E-state index contributed by atoms with van der Waals surface area (Å²) in [6, 6.07) is 7.74. The third-order valence-corrected chi connectivity index (χ3v) is 3.69. The van der Waals surface area contributed by atoms with Gasteiger partial charge in [-0.15, -0.1) is 23.4 Å². The smallest absolute Gasteiger partial charge is 0.245 e. The first-order valence-electron chi connectivity index (χ1n) is 5.97. The van der Waals surface area contributed by atoms with Crippen molar-refractivity contribution < 1.29 is 9.53 Å². The number of thioether (sulfide) groups is 1. The van der Waals surface area contributed by atoms with E-state index in [4.69, 9.17) is 16.3 Å². The lowest BCUT2D eigenvalue weighted by Crippen LogP contribution is -2.35. The van der Waals surface area contributed by atoms with Crippen molar-refractivity contribution in [2.45, 2.75) is 11.8 Å². The lowest BCUT2D eigenvalue weighted by Gasteiger charge is -2.27. The van der Waals surface area contributed by atoms with Crippen LogP contribution in [0.4, 0.5) is 0 Å². The molecule has 19 heavy (non-hydrogen) atoms. The van der Waals surface area contributed by atoms with Gasteiger partial charge in [0.1, 0.15) is 17.1 Å². The van der Waals surface area contributed by atoms with E-state index in [-0.39, 0.29) is 5.91 Å². The molecule has 0 aliphatic carbocycles. The molecule has 1 aromatic rings. The maximum Gasteiger partial charge on any atom is 0.245 e. The van der Waals surface area contributed by atoms with E-state index in [1.54, 1.807) is 23.7 Å². The molecule has 1 heterocycles. The van der Waals surface area contributed by atoms with Gasteiger partial charge >= 0.3 is 0 Å². The molecule has 0 saturated carbocycles. The molecule has 1 aliphatic heterocycles. The average Bonchev–Trinajstić information content (AvgIpc) is 2.44. The summed E-state index contributed by atoms with van der Waals surface area (Å²) in [5.41, 5.74) is 1.90. The highest BCUT2D eigenvalue weighted by molar-refractivity contribution is 7.98. The Morgan fingerprint density at radius 3 is 2.74 bits per heavy atom. The van der Waals surface area contributed by atoms with Gasteiger partial charge < -0.3 is 9.64 Å². The van der Waals surface area contributed by atoms with Crippen molar-refractivity contribution in [2.75, 3.05) is 19.2 Å². The minimum absolute atomic E-state index is 0.0538. The largest absolute Gasteiger partial charge is 0.483 e. The average molecular weight is 298 g/mol. The first-order chi connectivity index (χ1) is 9.13.